The largest absolute Gasteiger partial charge is 0.399 e. The van der Waals surface area contributed by atoms with Crippen LogP contribution in [-0.2, 0) is 6.54 Å². The van der Waals surface area contributed by atoms with Gasteiger partial charge in [0.2, 0.25) is 0 Å². The highest BCUT2D eigenvalue weighted by Gasteiger charge is 2.33. The zero-order valence-electron chi connectivity index (χ0n) is 11.1. The normalized spacial score (nSPS) is 14.2. The minimum absolute atomic E-state index is 0.0138. The first-order valence-corrected chi connectivity index (χ1v) is 7.51. The van der Waals surface area contributed by atoms with E-state index in [1.165, 1.54) is 4.88 Å². The van der Waals surface area contributed by atoms with Crippen molar-refractivity contribution in [2.24, 2.45) is 0 Å². The molecule has 1 aromatic heterocycles. The fraction of sp³-hybridized carbons (Fsp3) is 0.267. The second-order valence-electron chi connectivity index (χ2n) is 5.13. The molecule has 0 unspecified atom stereocenters. The summed E-state index contributed by atoms with van der Waals surface area (Å²) in [5.74, 6) is 0.0138. The van der Waals surface area contributed by atoms with Gasteiger partial charge < -0.3 is 16.4 Å². The molecule has 20 heavy (non-hydrogen) atoms. The topological polar surface area (TPSA) is 72.3 Å². The summed E-state index contributed by atoms with van der Waals surface area (Å²) in [7, 11) is 0. The van der Waals surface area contributed by atoms with E-state index in [2.05, 4.69) is 6.07 Å². The lowest BCUT2D eigenvalue weighted by Crippen LogP contribution is -2.32. The Bertz CT molecular complexity index is 600. The van der Waals surface area contributed by atoms with Crippen molar-refractivity contribution in [1.82, 2.24) is 4.90 Å². The standard InChI is InChI=1S/C15H17N3OS/c16-11-6-10(7-12(17)8-11)15(19)18(13-3-4-13)9-14-2-1-5-20-14/h1-2,5-8,13H,3-4,9,16-17H2. The first-order chi connectivity index (χ1) is 9.63. The molecule has 0 saturated heterocycles. The summed E-state index contributed by atoms with van der Waals surface area (Å²) in [5.41, 5.74) is 13.2. The summed E-state index contributed by atoms with van der Waals surface area (Å²) in [6.45, 7) is 0.663. The number of amides is 1. The molecule has 2 aromatic rings. The molecular formula is C15H17N3OS. The number of thiophene rings is 1. The summed E-state index contributed by atoms with van der Waals surface area (Å²) < 4.78 is 0. The molecule has 0 radical (unpaired) electrons. The van der Waals surface area contributed by atoms with Crippen LogP contribution in [0, 0.1) is 0 Å². The highest BCUT2D eigenvalue weighted by Crippen LogP contribution is 2.31. The Hall–Kier alpha value is -2.01. The molecule has 1 saturated carbocycles. The van der Waals surface area contributed by atoms with Crippen LogP contribution < -0.4 is 11.5 Å². The molecule has 4 nitrogen and oxygen atoms in total. The summed E-state index contributed by atoms with van der Waals surface area (Å²) >= 11 is 1.67. The van der Waals surface area contributed by atoms with E-state index in [1.54, 1.807) is 29.5 Å². The van der Waals surface area contributed by atoms with Crippen LogP contribution in [0.2, 0.25) is 0 Å². The predicted octanol–water partition coefficient (Wildman–Crippen LogP) is 2.72. The fourth-order valence-electron chi connectivity index (χ4n) is 2.29. The van der Waals surface area contributed by atoms with Crippen molar-refractivity contribution in [3.05, 3.63) is 46.2 Å². The molecule has 0 bridgehead atoms. The van der Waals surface area contributed by atoms with E-state index in [0.29, 0.717) is 29.5 Å². The predicted molar refractivity (Wildman–Crippen MR) is 82.5 cm³/mol. The van der Waals surface area contributed by atoms with Crippen LogP contribution in [0.3, 0.4) is 0 Å². The minimum Gasteiger partial charge on any atom is -0.399 e. The lowest BCUT2D eigenvalue weighted by molar-refractivity contribution is 0.0732. The first kappa shape index (κ1) is 13.0. The summed E-state index contributed by atoms with van der Waals surface area (Å²) in [4.78, 5) is 15.8. The third-order valence-corrected chi connectivity index (χ3v) is 4.24. The zero-order valence-corrected chi connectivity index (χ0v) is 11.9. The quantitative estimate of drug-likeness (QED) is 0.849. The van der Waals surface area contributed by atoms with Crippen LogP contribution in [0.1, 0.15) is 28.1 Å². The number of carbonyl (C=O) groups excluding carboxylic acids is 1. The Labute approximate surface area is 122 Å². The summed E-state index contributed by atoms with van der Waals surface area (Å²) in [5, 5.41) is 2.03. The lowest BCUT2D eigenvalue weighted by atomic mass is 10.1. The number of nitrogens with two attached hydrogens (primary N) is 2. The van der Waals surface area contributed by atoms with E-state index in [0.717, 1.165) is 12.8 Å². The van der Waals surface area contributed by atoms with E-state index in [-0.39, 0.29) is 5.91 Å². The summed E-state index contributed by atoms with van der Waals surface area (Å²) in [6.07, 6.45) is 2.16. The van der Waals surface area contributed by atoms with E-state index < -0.39 is 0 Å². The SMILES string of the molecule is Nc1cc(N)cc(C(=O)N(Cc2cccs2)C2CC2)c1. The van der Waals surface area contributed by atoms with Gasteiger partial charge in [-0.3, -0.25) is 4.79 Å². The third kappa shape index (κ3) is 2.77. The number of hydrogen-bond donors (Lipinski definition) is 2. The van der Waals surface area contributed by atoms with Crippen LogP contribution in [0.4, 0.5) is 11.4 Å². The second kappa shape index (κ2) is 5.17. The number of anilines is 2. The highest BCUT2D eigenvalue weighted by atomic mass is 32.1. The van der Waals surface area contributed by atoms with E-state index >= 15 is 0 Å². The Morgan fingerprint density at radius 2 is 1.95 bits per heavy atom. The molecule has 1 aliphatic carbocycles. The molecular weight excluding hydrogens is 270 g/mol. The smallest absolute Gasteiger partial charge is 0.254 e. The van der Waals surface area contributed by atoms with Crippen molar-refractivity contribution < 1.29 is 4.79 Å². The van der Waals surface area contributed by atoms with E-state index in [1.807, 2.05) is 16.3 Å². The van der Waals surface area contributed by atoms with Gasteiger partial charge in [-0.1, -0.05) is 6.07 Å². The van der Waals surface area contributed by atoms with Crippen molar-refractivity contribution in [1.29, 1.82) is 0 Å². The Morgan fingerprint density at radius 1 is 1.25 bits per heavy atom. The maximum absolute atomic E-state index is 12.7. The van der Waals surface area contributed by atoms with Gasteiger partial charge in [0.05, 0.1) is 6.54 Å². The minimum atomic E-state index is 0.0138. The van der Waals surface area contributed by atoms with Crippen LogP contribution in [0.25, 0.3) is 0 Å². The average Bonchev–Trinajstić information content (AvgIpc) is 3.11. The Morgan fingerprint density at radius 3 is 2.50 bits per heavy atom. The van der Waals surface area contributed by atoms with Gasteiger partial charge in [0.25, 0.3) is 5.91 Å². The van der Waals surface area contributed by atoms with Gasteiger partial charge >= 0.3 is 0 Å². The van der Waals surface area contributed by atoms with Crippen LogP contribution >= 0.6 is 11.3 Å². The van der Waals surface area contributed by atoms with Crippen LogP contribution in [-0.4, -0.2) is 16.8 Å². The Kier molecular flexibility index (Phi) is 3.36. The van der Waals surface area contributed by atoms with Crippen LogP contribution in [0.5, 0.6) is 0 Å². The van der Waals surface area contributed by atoms with Gasteiger partial charge in [0.1, 0.15) is 0 Å². The molecule has 1 aliphatic rings. The number of nitrogen functional groups attached to an aromatic ring is 2. The molecule has 5 heteroatoms. The molecule has 0 spiro atoms. The molecule has 104 valence electrons. The molecule has 1 amide bonds. The highest BCUT2D eigenvalue weighted by molar-refractivity contribution is 7.09. The summed E-state index contributed by atoms with van der Waals surface area (Å²) in [6, 6.07) is 9.48. The number of nitrogens with zero attached hydrogens (tertiary/aromatic N) is 1. The average molecular weight is 287 g/mol. The fourth-order valence-corrected chi connectivity index (χ4v) is 2.99. The van der Waals surface area contributed by atoms with Crippen molar-refractivity contribution in [2.75, 3.05) is 11.5 Å². The molecule has 1 fully saturated rings. The van der Waals surface area contributed by atoms with E-state index in [9.17, 15) is 4.79 Å². The van der Waals surface area contributed by atoms with Crippen molar-refractivity contribution in [2.45, 2.75) is 25.4 Å². The molecule has 1 heterocycles. The maximum atomic E-state index is 12.7. The molecule has 3 rings (SSSR count). The maximum Gasteiger partial charge on any atom is 0.254 e. The number of hydrogen-bond acceptors (Lipinski definition) is 4. The lowest BCUT2D eigenvalue weighted by Gasteiger charge is -2.22. The van der Waals surface area contributed by atoms with Crippen molar-refractivity contribution in [3.8, 4) is 0 Å². The van der Waals surface area contributed by atoms with Crippen molar-refractivity contribution in [3.63, 3.8) is 0 Å². The van der Waals surface area contributed by atoms with E-state index in [4.69, 9.17) is 11.5 Å². The Balaban J connectivity index is 1.85. The number of benzene rings is 1. The van der Waals surface area contributed by atoms with Gasteiger partial charge in [-0.25, -0.2) is 0 Å². The first-order valence-electron chi connectivity index (χ1n) is 6.63. The third-order valence-electron chi connectivity index (χ3n) is 3.38. The van der Waals surface area contributed by atoms with Crippen LogP contribution in [0.15, 0.2) is 35.7 Å². The van der Waals surface area contributed by atoms with Gasteiger partial charge in [-0.2, -0.15) is 0 Å². The van der Waals surface area contributed by atoms with Gasteiger partial charge in [-0.05, 0) is 42.5 Å². The van der Waals surface area contributed by atoms with Crippen molar-refractivity contribution >= 4 is 28.6 Å². The van der Waals surface area contributed by atoms with Gasteiger partial charge in [-0.15, -0.1) is 11.3 Å². The van der Waals surface area contributed by atoms with Gasteiger partial charge in [0, 0.05) is 27.9 Å². The second-order valence-corrected chi connectivity index (χ2v) is 6.16. The van der Waals surface area contributed by atoms with Gasteiger partial charge in [0.15, 0.2) is 0 Å². The monoisotopic (exact) mass is 287 g/mol. The molecule has 0 atom stereocenters. The number of carbonyl (C=O) groups is 1. The molecule has 0 aliphatic heterocycles. The zero-order chi connectivity index (χ0) is 14.1. The molecule has 1 aromatic carbocycles. The molecule has 4 N–H and O–H groups in total. The number of rotatable bonds is 4.